The highest BCUT2D eigenvalue weighted by atomic mass is 19.4. The van der Waals surface area contributed by atoms with Crippen LogP contribution in [0.3, 0.4) is 0 Å². The number of imidazole rings is 1. The number of benzene rings is 2. The molecule has 0 radical (unpaired) electrons. The highest BCUT2D eigenvalue weighted by Gasteiger charge is 2.34. The number of nitrogens with zero attached hydrogens (tertiary/aromatic N) is 3. The fourth-order valence-corrected chi connectivity index (χ4v) is 5.61. The Labute approximate surface area is 206 Å². The van der Waals surface area contributed by atoms with E-state index in [1.54, 1.807) is 0 Å². The Morgan fingerprint density at radius 2 is 1.92 bits per heavy atom. The zero-order valence-electron chi connectivity index (χ0n) is 19.7. The van der Waals surface area contributed by atoms with Crippen molar-refractivity contribution < 1.29 is 22.7 Å². The third-order valence-electron chi connectivity index (χ3n) is 7.46. The third-order valence-corrected chi connectivity index (χ3v) is 7.46. The van der Waals surface area contributed by atoms with Gasteiger partial charge in [0.1, 0.15) is 11.9 Å². The Morgan fingerprint density at radius 3 is 2.67 bits per heavy atom. The van der Waals surface area contributed by atoms with Crippen LogP contribution in [0.25, 0.3) is 21.9 Å². The number of aromatic nitrogens is 3. The van der Waals surface area contributed by atoms with Gasteiger partial charge in [0.15, 0.2) is 0 Å². The van der Waals surface area contributed by atoms with Gasteiger partial charge in [-0.05, 0) is 55.5 Å². The highest BCUT2D eigenvalue weighted by molar-refractivity contribution is 5.89. The van der Waals surface area contributed by atoms with Crippen LogP contribution in [0, 0.1) is 0 Å². The summed E-state index contributed by atoms with van der Waals surface area (Å²) in [5.41, 5.74) is 2.34. The molecule has 0 saturated carbocycles. The Balaban J connectivity index is 1.23. The summed E-state index contributed by atoms with van der Waals surface area (Å²) in [6, 6.07) is 11.8. The predicted octanol–water partition coefficient (Wildman–Crippen LogP) is 5.79. The second kappa shape index (κ2) is 8.96. The monoisotopic (exact) mass is 496 g/mol. The summed E-state index contributed by atoms with van der Waals surface area (Å²) in [5, 5.41) is 1.06. The normalized spacial score (nSPS) is 19.5. The average molecular weight is 497 g/mol. The number of hydrogen-bond donors (Lipinski definition) is 1. The number of hydrogen-bond acceptors (Lipinski definition) is 3. The van der Waals surface area contributed by atoms with E-state index in [9.17, 15) is 18.0 Å². The first-order chi connectivity index (χ1) is 17.4. The SMILES string of the molecule is O=C(Cc1c[nH]c2ccccc12)N1CCC(n2c(C3CCCO3)nc3cc(C(F)(F)F)ccc32)CC1. The Kier molecular flexibility index (Phi) is 5.75. The van der Waals surface area contributed by atoms with Crippen molar-refractivity contribution in [3.05, 3.63) is 65.6 Å². The number of likely N-dealkylation sites (tertiary alicyclic amines) is 1. The number of carbonyl (C=O) groups is 1. The zero-order chi connectivity index (χ0) is 24.9. The fourth-order valence-electron chi connectivity index (χ4n) is 5.61. The minimum absolute atomic E-state index is 0.0445. The third kappa shape index (κ3) is 4.15. The number of rotatable bonds is 4. The van der Waals surface area contributed by atoms with Gasteiger partial charge in [-0.15, -0.1) is 0 Å². The molecule has 2 aromatic carbocycles. The molecule has 2 aromatic heterocycles. The number of nitrogens with one attached hydrogen (secondary N) is 1. The van der Waals surface area contributed by atoms with E-state index < -0.39 is 11.7 Å². The summed E-state index contributed by atoms with van der Waals surface area (Å²) < 4.78 is 47.9. The summed E-state index contributed by atoms with van der Waals surface area (Å²) in [6.07, 6.45) is 0.740. The molecule has 1 N–H and O–H groups in total. The van der Waals surface area contributed by atoms with Gasteiger partial charge in [0.05, 0.1) is 23.0 Å². The maximum atomic E-state index is 13.3. The molecule has 2 fully saturated rings. The number of H-pyrrole nitrogens is 1. The number of para-hydroxylation sites is 1. The summed E-state index contributed by atoms with van der Waals surface area (Å²) in [4.78, 5) is 22.8. The maximum absolute atomic E-state index is 13.3. The number of aromatic amines is 1. The van der Waals surface area contributed by atoms with E-state index in [0.29, 0.717) is 55.8 Å². The quantitative estimate of drug-likeness (QED) is 0.389. The lowest BCUT2D eigenvalue weighted by atomic mass is 10.0. The van der Waals surface area contributed by atoms with Crippen LogP contribution in [0.2, 0.25) is 0 Å². The molecule has 1 unspecified atom stereocenters. The molecule has 2 saturated heterocycles. The number of alkyl halides is 3. The Bertz CT molecular complexity index is 1410. The van der Waals surface area contributed by atoms with Crippen molar-refractivity contribution in [3.63, 3.8) is 0 Å². The van der Waals surface area contributed by atoms with Crippen molar-refractivity contribution in [2.45, 2.75) is 50.4 Å². The minimum atomic E-state index is -4.42. The molecule has 4 heterocycles. The lowest BCUT2D eigenvalue weighted by Gasteiger charge is -2.34. The van der Waals surface area contributed by atoms with E-state index in [4.69, 9.17) is 4.74 Å². The van der Waals surface area contributed by atoms with Crippen LogP contribution in [0.4, 0.5) is 13.2 Å². The highest BCUT2D eigenvalue weighted by Crippen LogP contribution is 2.38. The molecular weight excluding hydrogens is 469 g/mol. The molecule has 6 nitrogen and oxygen atoms in total. The summed E-state index contributed by atoms with van der Waals surface area (Å²) in [7, 11) is 0. The van der Waals surface area contributed by atoms with Crippen LogP contribution in [-0.4, -0.2) is 45.0 Å². The topological polar surface area (TPSA) is 63.2 Å². The second-order valence-corrected chi connectivity index (χ2v) is 9.69. The van der Waals surface area contributed by atoms with E-state index >= 15 is 0 Å². The van der Waals surface area contributed by atoms with Crippen LogP contribution in [0.1, 0.15) is 54.8 Å². The van der Waals surface area contributed by atoms with Gasteiger partial charge in [-0.25, -0.2) is 4.98 Å². The molecule has 9 heteroatoms. The van der Waals surface area contributed by atoms with Crippen molar-refractivity contribution >= 4 is 27.8 Å². The van der Waals surface area contributed by atoms with Crippen LogP contribution >= 0.6 is 0 Å². The molecule has 0 spiro atoms. The maximum Gasteiger partial charge on any atom is 0.416 e. The van der Waals surface area contributed by atoms with Gasteiger partial charge < -0.3 is 19.2 Å². The Morgan fingerprint density at radius 1 is 1.11 bits per heavy atom. The fraction of sp³-hybridized carbons (Fsp3) is 0.407. The van der Waals surface area contributed by atoms with Gasteiger partial charge in [-0.1, -0.05) is 18.2 Å². The van der Waals surface area contributed by atoms with E-state index in [1.807, 2.05) is 35.4 Å². The number of carbonyl (C=O) groups excluding carboxylic acids is 1. The summed E-state index contributed by atoms with van der Waals surface area (Å²) >= 11 is 0. The molecule has 188 valence electrons. The molecule has 0 bridgehead atoms. The molecule has 1 atom stereocenters. The standard InChI is InChI=1S/C27H27F3N4O2/c28-27(29,30)18-7-8-23-22(15-18)32-26(24-6-3-13-36-24)34(23)19-9-11-33(12-10-19)25(35)14-17-16-31-21-5-2-1-4-20(17)21/h1-2,4-5,7-8,15-16,19,24,31H,3,6,9-14H2. The Hall–Kier alpha value is -3.33. The first kappa shape index (κ1) is 23.1. The van der Waals surface area contributed by atoms with Gasteiger partial charge in [-0.2, -0.15) is 13.2 Å². The molecule has 2 aliphatic rings. The number of amides is 1. The predicted molar refractivity (Wildman–Crippen MR) is 130 cm³/mol. The lowest BCUT2D eigenvalue weighted by molar-refractivity contribution is -0.137. The number of piperidine rings is 1. The van der Waals surface area contributed by atoms with E-state index in [-0.39, 0.29) is 18.1 Å². The number of fused-ring (bicyclic) bond motifs is 2. The summed E-state index contributed by atoms with van der Waals surface area (Å²) in [5.74, 6) is 0.785. The largest absolute Gasteiger partial charge is 0.416 e. The van der Waals surface area contributed by atoms with Crippen molar-refractivity contribution in [2.24, 2.45) is 0 Å². The number of halogens is 3. The van der Waals surface area contributed by atoms with E-state index in [1.165, 1.54) is 6.07 Å². The number of ether oxygens (including phenoxy) is 1. The van der Waals surface area contributed by atoms with Gasteiger partial charge in [0.25, 0.3) is 0 Å². The van der Waals surface area contributed by atoms with Crippen LogP contribution in [0.5, 0.6) is 0 Å². The van der Waals surface area contributed by atoms with Crippen LogP contribution < -0.4 is 0 Å². The molecule has 1 amide bonds. The van der Waals surface area contributed by atoms with E-state index in [2.05, 4.69) is 14.5 Å². The van der Waals surface area contributed by atoms with Gasteiger partial charge in [-0.3, -0.25) is 4.79 Å². The first-order valence-electron chi connectivity index (χ1n) is 12.4. The smallest absolute Gasteiger partial charge is 0.370 e. The van der Waals surface area contributed by atoms with Crippen LogP contribution in [0.15, 0.2) is 48.7 Å². The molecule has 2 aliphatic heterocycles. The molecule has 4 aromatic rings. The minimum Gasteiger partial charge on any atom is -0.370 e. The second-order valence-electron chi connectivity index (χ2n) is 9.69. The van der Waals surface area contributed by atoms with Crippen molar-refractivity contribution in [1.29, 1.82) is 0 Å². The lowest BCUT2D eigenvalue weighted by Crippen LogP contribution is -2.40. The zero-order valence-corrected chi connectivity index (χ0v) is 19.7. The molecular formula is C27H27F3N4O2. The molecule has 6 rings (SSSR count). The summed E-state index contributed by atoms with van der Waals surface area (Å²) in [6.45, 7) is 1.82. The molecule has 36 heavy (non-hydrogen) atoms. The average Bonchev–Trinajstić information content (AvgIpc) is 3.62. The van der Waals surface area contributed by atoms with E-state index in [0.717, 1.165) is 41.4 Å². The van der Waals surface area contributed by atoms with Gasteiger partial charge >= 0.3 is 6.18 Å². The van der Waals surface area contributed by atoms with Gasteiger partial charge in [0.2, 0.25) is 5.91 Å². The molecule has 0 aliphatic carbocycles. The van der Waals surface area contributed by atoms with Crippen molar-refractivity contribution in [2.75, 3.05) is 19.7 Å². The van der Waals surface area contributed by atoms with Crippen molar-refractivity contribution in [3.8, 4) is 0 Å². The van der Waals surface area contributed by atoms with Crippen LogP contribution in [-0.2, 0) is 22.1 Å². The van der Waals surface area contributed by atoms with Crippen molar-refractivity contribution in [1.82, 2.24) is 19.4 Å². The first-order valence-corrected chi connectivity index (χ1v) is 12.4. The van der Waals surface area contributed by atoms with Gasteiger partial charge in [0, 0.05) is 42.8 Å².